The number of nitrogens with one attached hydrogen (secondary N) is 2. The van der Waals surface area contributed by atoms with Crippen LogP contribution in [-0.2, 0) is 14.8 Å². The third-order valence-electron chi connectivity index (χ3n) is 3.84. The lowest BCUT2D eigenvalue weighted by Crippen LogP contribution is -2.30. The van der Waals surface area contributed by atoms with Crippen LogP contribution in [0.15, 0.2) is 29.3 Å². The van der Waals surface area contributed by atoms with Crippen LogP contribution in [0.25, 0.3) is 0 Å². The Morgan fingerprint density at radius 2 is 2.12 bits per heavy atom. The molecule has 3 rings (SSSR count). The van der Waals surface area contributed by atoms with Gasteiger partial charge in [0.15, 0.2) is 0 Å². The fraction of sp³-hybridized carbons (Fsp3) is 0.375. The first-order chi connectivity index (χ1) is 11.8. The number of nitrogens with zero attached hydrogens (tertiary/aromatic N) is 1. The molecule has 2 N–H and O–H groups in total. The Labute approximate surface area is 149 Å². The molecule has 1 amide bonds. The van der Waals surface area contributed by atoms with Crippen LogP contribution in [0.5, 0.6) is 0 Å². The molecule has 1 aromatic carbocycles. The molecule has 25 heavy (non-hydrogen) atoms. The minimum Gasteiger partial charge on any atom is -0.324 e. The highest BCUT2D eigenvalue weighted by Crippen LogP contribution is 2.42. The van der Waals surface area contributed by atoms with Crippen molar-refractivity contribution in [2.45, 2.75) is 37.6 Å². The van der Waals surface area contributed by atoms with Crippen molar-refractivity contribution in [3.63, 3.8) is 0 Å². The topological polar surface area (TPSA) is 88.2 Å². The van der Waals surface area contributed by atoms with Crippen molar-refractivity contribution in [2.75, 3.05) is 5.32 Å². The number of carbonyl (C=O) groups is 1. The summed E-state index contributed by atoms with van der Waals surface area (Å²) in [6.45, 7) is 3.14. The Morgan fingerprint density at radius 1 is 1.40 bits per heavy atom. The predicted octanol–water partition coefficient (Wildman–Crippen LogP) is 2.98. The zero-order valence-corrected chi connectivity index (χ0v) is 15.4. The second-order valence-electron chi connectivity index (χ2n) is 6.07. The number of sulfonamides is 1. The fourth-order valence-electron chi connectivity index (χ4n) is 2.49. The lowest BCUT2D eigenvalue weighted by atomic mass is 10.2. The predicted molar refractivity (Wildman–Crippen MR) is 93.3 cm³/mol. The van der Waals surface area contributed by atoms with Crippen LogP contribution in [-0.4, -0.2) is 19.3 Å². The van der Waals surface area contributed by atoms with Gasteiger partial charge in [0, 0.05) is 18.0 Å². The maximum Gasteiger partial charge on any atom is 0.241 e. The highest BCUT2D eigenvalue weighted by molar-refractivity contribution is 7.89. The van der Waals surface area contributed by atoms with E-state index in [9.17, 15) is 17.6 Å². The molecule has 9 heteroatoms. The van der Waals surface area contributed by atoms with Gasteiger partial charge in [0.25, 0.3) is 0 Å². The lowest BCUT2D eigenvalue weighted by molar-refractivity contribution is -0.114. The zero-order chi connectivity index (χ0) is 18.2. The van der Waals surface area contributed by atoms with Crippen LogP contribution in [0.4, 0.5) is 10.1 Å². The molecule has 1 aromatic heterocycles. The maximum atomic E-state index is 13.7. The molecule has 1 aliphatic rings. The van der Waals surface area contributed by atoms with Crippen LogP contribution in [0, 0.1) is 18.7 Å². The summed E-state index contributed by atoms with van der Waals surface area (Å²) >= 11 is 1.46. The number of anilines is 1. The third kappa shape index (κ3) is 4.23. The average molecular weight is 383 g/mol. The van der Waals surface area contributed by atoms with Gasteiger partial charge in [-0.15, -0.1) is 11.3 Å². The Bertz CT molecular complexity index is 907. The molecule has 0 unspecified atom stereocenters. The van der Waals surface area contributed by atoms with Gasteiger partial charge in [0.2, 0.25) is 15.9 Å². The number of benzene rings is 1. The number of amides is 1. The molecular formula is C16H18FN3O3S2. The van der Waals surface area contributed by atoms with Gasteiger partial charge in [-0.2, -0.15) is 0 Å². The average Bonchev–Trinajstić information content (AvgIpc) is 3.28. The highest BCUT2D eigenvalue weighted by atomic mass is 32.2. The first kappa shape index (κ1) is 18.0. The van der Waals surface area contributed by atoms with Crippen molar-refractivity contribution in [1.29, 1.82) is 0 Å². The fourth-order valence-corrected chi connectivity index (χ4v) is 4.77. The van der Waals surface area contributed by atoms with E-state index in [0.29, 0.717) is 0 Å². The number of hydrogen-bond acceptors (Lipinski definition) is 5. The van der Waals surface area contributed by atoms with E-state index < -0.39 is 27.8 Å². The summed E-state index contributed by atoms with van der Waals surface area (Å²) in [5.74, 6) is -0.949. The van der Waals surface area contributed by atoms with Crippen molar-refractivity contribution >= 4 is 33.0 Å². The molecule has 0 spiro atoms. The second kappa shape index (κ2) is 6.81. The van der Waals surface area contributed by atoms with Gasteiger partial charge < -0.3 is 5.32 Å². The number of thiazole rings is 1. The van der Waals surface area contributed by atoms with Crippen LogP contribution >= 0.6 is 11.3 Å². The molecule has 0 radical (unpaired) electrons. The molecule has 134 valence electrons. The van der Waals surface area contributed by atoms with Gasteiger partial charge in [-0.3, -0.25) is 4.79 Å². The van der Waals surface area contributed by atoms with E-state index in [4.69, 9.17) is 0 Å². The van der Waals surface area contributed by atoms with Crippen molar-refractivity contribution in [1.82, 2.24) is 9.71 Å². The van der Waals surface area contributed by atoms with Crippen molar-refractivity contribution in [3.8, 4) is 0 Å². The normalized spacial score (nSPS) is 15.8. The molecular weight excluding hydrogens is 365 g/mol. The van der Waals surface area contributed by atoms with E-state index >= 15 is 0 Å². The zero-order valence-electron chi connectivity index (χ0n) is 13.7. The van der Waals surface area contributed by atoms with E-state index in [0.717, 1.165) is 34.9 Å². The molecule has 0 saturated heterocycles. The third-order valence-corrected chi connectivity index (χ3v) is 6.27. The van der Waals surface area contributed by atoms with Gasteiger partial charge in [0.05, 0.1) is 16.6 Å². The molecule has 0 bridgehead atoms. The number of hydrogen-bond donors (Lipinski definition) is 2. The van der Waals surface area contributed by atoms with E-state index in [-0.39, 0.29) is 16.5 Å². The minimum atomic E-state index is -3.88. The quantitative estimate of drug-likeness (QED) is 0.803. The first-order valence-corrected chi connectivity index (χ1v) is 10.1. The molecule has 0 aliphatic heterocycles. The van der Waals surface area contributed by atoms with Crippen molar-refractivity contribution in [2.24, 2.45) is 5.92 Å². The van der Waals surface area contributed by atoms with Gasteiger partial charge in [0.1, 0.15) is 10.8 Å². The molecule has 1 aliphatic carbocycles. The lowest BCUT2D eigenvalue weighted by Gasteiger charge is -2.16. The Hall–Kier alpha value is -1.84. The second-order valence-corrected chi connectivity index (χ2v) is 9.05. The van der Waals surface area contributed by atoms with Crippen molar-refractivity contribution in [3.05, 3.63) is 40.1 Å². The number of halogens is 1. The Kier molecular flexibility index (Phi) is 4.90. The molecule has 1 saturated carbocycles. The van der Waals surface area contributed by atoms with E-state index in [2.05, 4.69) is 15.0 Å². The number of aromatic nitrogens is 1. The first-order valence-electron chi connectivity index (χ1n) is 7.78. The molecule has 6 nitrogen and oxygen atoms in total. The summed E-state index contributed by atoms with van der Waals surface area (Å²) < 4.78 is 41.9. The summed E-state index contributed by atoms with van der Waals surface area (Å²) in [7, 11) is -3.88. The molecule has 1 fully saturated rings. The highest BCUT2D eigenvalue weighted by Gasteiger charge is 2.37. The van der Waals surface area contributed by atoms with Crippen LogP contribution in [0.2, 0.25) is 0 Å². The Morgan fingerprint density at radius 3 is 2.68 bits per heavy atom. The largest absolute Gasteiger partial charge is 0.324 e. The molecule has 1 heterocycles. The molecule has 1 atom stereocenters. The smallest absolute Gasteiger partial charge is 0.241 e. The van der Waals surface area contributed by atoms with Crippen LogP contribution in [0.3, 0.4) is 0 Å². The van der Waals surface area contributed by atoms with E-state index in [1.54, 1.807) is 6.20 Å². The van der Waals surface area contributed by atoms with Gasteiger partial charge in [-0.1, -0.05) is 0 Å². The van der Waals surface area contributed by atoms with Gasteiger partial charge in [-0.05, 0) is 43.9 Å². The van der Waals surface area contributed by atoms with E-state index in [1.807, 2.05) is 6.92 Å². The monoisotopic (exact) mass is 383 g/mol. The van der Waals surface area contributed by atoms with Crippen LogP contribution in [0.1, 0.15) is 35.7 Å². The van der Waals surface area contributed by atoms with Gasteiger partial charge in [-0.25, -0.2) is 22.5 Å². The maximum absolute atomic E-state index is 13.7. The summed E-state index contributed by atoms with van der Waals surface area (Å²) in [5.41, 5.74) is -0.163. The van der Waals surface area contributed by atoms with Crippen LogP contribution < -0.4 is 10.0 Å². The summed E-state index contributed by atoms with van der Waals surface area (Å²) in [6.07, 6.45) is 3.59. The molecule has 2 aromatic rings. The standard InChI is InChI=1S/C16H18FN3O3S2/c1-9-8-18-16(24-9)15(11-3-4-11)20-25(22,23)12-5-6-13(17)14(7-12)19-10(2)21/h5-8,11,15,20H,3-4H2,1-2H3,(H,19,21)/t15-/m1/s1. The van der Waals surface area contributed by atoms with Gasteiger partial charge >= 0.3 is 0 Å². The van der Waals surface area contributed by atoms with Crippen molar-refractivity contribution < 1.29 is 17.6 Å². The van der Waals surface area contributed by atoms with E-state index in [1.165, 1.54) is 24.3 Å². The summed E-state index contributed by atoms with van der Waals surface area (Å²) in [5, 5.41) is 3.02. The summed E-state index contributed by atoms with van der Waals surface area (Å²) in [4.78, 5) is 16.3. The Balaban J connectivity index is 1.89. The number of carbonyl (C=O) groups excluding carboxylic acids is 1. The SMILES string of the molecule is CC(=O)Nc1cc(S(=O)(=O)N[C@@H](c2ncc(C)s2)C2CC2)ccc1F. The minimum absolute atomic E-state index is 0.100. The number of rotatable bonds is 6. The summed E-state index contributed by atoms with van der Waals surface area (Å²) in [6, 6.07) is 2.94. The number of aryl methyl sites for hydroxylation is 1.